The van der Waals surface area contributed by atoms with Gasteiger partial charge in [0, 0.05) is 6.07 Å². The molecular weight excluding hydrogens is 288 g/mol. The molecule has 0 amide bonds. The zero-order valence-corrected chi connectivity index (χ0v) is 13.5. The van der Waals surface area contributed by atoms with E-state index in [2.05, 4.69) is 10.0 Å². The van der Waals surface area contributed by atoms with Crippen LogP contribution < -0.4 is 10.0 Å². The summed E-state index contributed by atoms with van der Waals surface area (Å²) in [7, 11) is -1.87. The number of aryl methyl sites for hydroxylation is 3. The second-order valence-corrected chi connectivity index (χ2v) is 6.74. The van der Waals surface area contributed by atoms with Crippen LogP contribution in [0.3, 0.4) is 0 Å². The molecule has 0 atom stereocenters. The van der Waals surface area contributed by atoms with Crippen LogP contribution in [0.15, 0.2) is 33.6 Å². The van der Waals surface area contributed by atoms with Crippen molar-refractivity contribution in [3.8, 4) is 0 Å². The third-order valence-electron chi connectivity index (χ3n) is 3.20. The van der Waals surface area contributed by atoms with E-state index in [0.717, 1.165) is 11.1 Å². The molecular formula is C15H20N2O3S. The van der Waals surface area contributed by atoms with Gasteiger partial charge in [0.15, 0.2) is 0 Å². The van der Waals surface area contributed by atoms with E-state index in [1.165, 1.54) is 0 Å². The van der Waals surface area contributed by atoms with E-state index >= 15 is 0 Å². The van der Waals surface area contributed by atoms with Gasteiger partial charge in [-0.1, -0.05) is 12.1 Å². The second-order valence-electron chi connectivity index (χ2n) is 5.09. The third-order valence-corrected chi connectivity index (χ3v) is 4.67. The fourth-order valence-corrected chi connectivity index (χ4v) is 3.42. The molecule has 2 N–H and O–H groups in total. The fraction of sp³-hybridized carbons (Fsp3) is 0.333. The lowest BCUT2D eigenvalue weighted by atomic mass is 10.1. The van der Waals surface area contributed by atoms with Crippen LogP contribution >= 0.6 is 0 Å². The van der Waals surface area contributed by atoms with E-state index in [0.29, 0.717) is 23.8 Å². The predicted molar refractivity (Wildman–Crippen MR) is 82.9 cm³/mol. The topological polar surface area (TPSA) is 71.3 Å². The van der Waals surface area contributed by atoms with Gasteiger partial charge >= 0.3 is 0 Å². The number of furan rings is 1. The molecule has 0 fully saturated rings. The molecule has 0 saturated heterocycles. The molecule has 0 unspecified atom stereocenters. The maximum atomic E-state index is 12.5. The minimum atomic E-state index is -3.65. The van der Waals surface area contributed by atoms with Crippen molar-refractivity contribution >= 4 is 15.7 Å². The van der Waals surface area contributed by atoms with E-state index in [1.54, 1.807) is 20.0 Å². The molecule has 1 aromatic carbocycles. The van der Waals surface area contributed by atoms with Crippen molar-refractivity contribution in [2.45, 2.75) is 32.2 Å². The molecule has 21 heavy (non-hydrogen) atoms. The first kappa shape index (κ1) is 15.6. The Morgan fingerprint density at radius 2 is 1.86 bits per heavy atom. The van der Waals surface area contributed by atoms with Crippen molar-refractivity contribution in [1.82, 2.24) is 5.32 Å². The summed E-state index contributed by atoms with van der Waals surface area (Å²) in [6.07, 6.45) is 0. The molecule has 114 valence electrons. The van der Waals surface area contributed by atoms with Crippen molar-refractivity contribution in [2.24, 2.45) is 0 Å². The molecule has 5 nitrogen and oxygen atoms in total. The van der Waals surface area contributed by atoms with E-state index in [9.17, 15) is 8.42 Å². The lowest BCUT2D eigenvalue weighted by Gasteiger charge is -2.10. The third kappa shape index (κ3) is 3.46. The molecule has 1 aromatic heterocycles. The Labute approximate surface area is 125 Å². The Morgan fingerprint density at radius 1 is 1.14 bits per heavy atom. The number of rotatable bonds is 5. The van der Waals surface area contributed by atoms with Crippen LogP contribution in [0.25, 0.3) is 0 Å². The van der Waals surface area contributed by atoms with E-state index in [4.69, 9.17) is 4.42 Å². The van der Waals surface area contributed by atoms with Crippen LogP contribution in [-0.4, -0.2) is 15.5 Å². The summed E-state index contributed by atoms with van der Waals surface area (Å²) in [5.41, 5.74) is 2.46. The van der Waals surface area contributed by atoms with E-state index in [1.807, 2.05) is 32.0 Å². The Morgan fingerprint density at radius 3 is 2.52 bits per heavy atom. The first-order valence-corrected chi connectivity index (χ1v) is 8.16. The van der Waals surface area contributed by atoms with Crippen LogP contribution in [0.5, 0.6) is 0 Å². The quantitative estimate of drug-likeness (QED) is 0.891. The highest BCUT2D eigenvalue weighted by Crippen LogP contribution is 2.25. The van der Waals surface area contributed by atoms with Gasteiger partial charge in [0.1, 0.15) is 16.4 Å². The van der Waals surface area contributed by atoms with E-state index in [-0.39, 0.29) is 4.90 Å². The van der Waals surface area contributed by atoms with Crippen molar-refractivity contribution < 1.29 is 12.8 Å². The molecule has 2 aromatic rings. The van der Waals surface area contributed by atoms with Gasteiger partial charge in [-0.3, -0.25) is 4.72 Å². The van der Waals surface area contributed by atoms with Crippen molar-refractivity contribution in [3.05, 3.63) is 46.9 Å². The molecule has 0 radical (unpaired) electrons. The summed E-state index contributed by atoms with van der Waals surface area (Å²) >= 11 is 0. The van der Waals surface area contributed by atoms with Crippen molar-refractivity contribution in [1.29, 1.82) is 0 Å². The monoisotopic (exact) mass is 308 g/mol. The maximum Gasteiger partial charge on any atom is 0.265 e. The molecule has 0 aliphatic rings. The van der Waals surface area contributed by atoms with E-state index < -0.39 is 10.0 Å². The van der Waals surface area contributed by atoms with Gasteiger partial charge in [0.2, 0.25) is 0 Å². The zero-order chi connectivity index (χ0) is 15.6. The average Bonchev–Trinajstić information content (AvgIpc) is 2.76. The first-order chi connectivity index (χ1) is 9.83. The SMILES string of the molecule is CNCc1cc(S(=O)(=O)Nc2cc(C)ccc2C)c(C)o1. The molecule has 1 heterocycles. The lowest BCUT2D eigenvalue weighted by Crippen LogP contribution is -2.14. The van der Waals surface area contributed by atoms with Crippen LogP contribution in [0.1, 0.15) is 22.6 Å². The molecule has 0 bridgehead atoms. The Bertz CT molecular complexity index is 748. The zero-order valence-electron chi connectivity index (χ0n) is 12.6. The van der Waals surface area contributed by atoms with Gasteiger partial charge in [-0.25, -0.2) is 8.42 Å². The Hall–Kier alpha value is -1.79. The summed E-state index contributed by atoms with van der Waals surface area (Å²) in [5, 5.41) is 2.93. The highest BCUT2D eigenvalue weighted by molar-refractivity contribution is 7.92. The Kier molecular flexibility index (Phi) is 4.39. The molecule has 6 heteroatoms. The summed E-state index contributed by atoms with van der Waals surface area (Å²) in [5.74, 6) is 0.981. The highest BCUT2D eigenvalue weighted by Gasteiger charge is 2.22. The summed E-state index contributed by atoms with van der Waals surface area (Å²) in [4.78, 5) is 0.175. The second kappa shape index (κ2) is 5.91. The summed E-state index contributed by atoms with van der Waals surface area (Å²) < 4.78 is 33.1. The largest absolute Gasteiger partial charge is 0.464 e. The molecule has 2 rings (SSSR count). The van der Waals surface area contributed by atoms with Gasteiger partial charge in [0.25, 0.3) is 10.0 Å². The van der Waals surface area contributed by atoms with Gasteiger partial charge in [-0.15, -0.1) is 0 Å². The minimum Gasteiger partial charge on any atom is -0.464 e. The standard InChI is InChI=1S/C15H20N2O3S/c1-10-5-6-11(2)14(7-10)17-21(18,19)15-8-13(9-16-4)20-12(15)3/h5-8,16-17H,9H2,1-4H3. The summed E-state index contributed by atoms with van der Waals surface area (Å²) in [6.45, 7) is 5.92. The molecule has 0 saturated carbocycles. The number of benzene rings is 1. The van der Waals surface area contributed by atoms with Gasteiger partial charge in [-0.05, 0) is 45.0 Å². The fourth-order valence-electron chi connectivity index (χ4n) is 2.10. The Balaban J connectivity index is 2.36. The summed E-state index contributed by atoms with van der Waals surface area (Å²) in [6, 6.07) is 7.21. The average molecular weight is 308 g/mol. The van der Waals surface area contributed by atoms with Gasteiger partial charge in [0.05, 0.1) is 12.2 Å². The number of hydrogen-bond donors (Lipinski definition) is 2. The molecule has 0 aliphatic heterocycles. The molecule has 0 spiro atoms. The van der Waals surface area contributed by atoms with Crippen LogP contribution in [0, 0.1) is 20.8 Å². The molecule has 0 aliphatic carbocycles. The van der Waals surface area contributed by atoms with Crippen LogP contribution in [-0.2, 0) is 16.6 Å². The highest BCUT2D eigenvalue weighted by atomic mass is 32.2. The number of anilines is 1. The predicted octanol–water partition coefficient (Wildman–Crippen LogP) is 2.73. The van der Waals surface area contributed by atoms with Crippen LogP contribution in [0.4, 0.5) is 5.69 Å². The maximum absolute atomic E-state index is 12.5. The van der Waals surface area contributed by atoms with Crippen LogP contribution in [0.2, 0.25) is 0 Å². The van der Waals surface area contributed by atoms with Crippen molar-refractivity contribution in [2.75, 3.05) is 11.8 Å². The van der Waals surface area contributed by atoms with Gasteiger partial charge < -0.3 is 9.73 Å². The first-order valence-electron chi connectivity index (χ1n) is 6.67. The smallest absolute Gasteiger partial charge is 0.265 e. The number of nitrogens with one attached hydrogen (secondary N) is 2. The van der Waals surface area contributed by atoms with Gasteiger partial charge in [-0.2, -0.15) is 0 Å². The van der Waals surface area contributed by atoms with Crippen molar-refractivity contribution in [3.63, 3.8) is 0 Å². The number of sulfonamides is 1. The lowest BCUT2D eigenvalue weighted by molar-refractivity contribution is 0.466. The normalized spacial score (nSPS) is 11.6. The number of hydrogen-bond acceptors (Lipinski definition) is 4. The minimum absolute atomic E-state index is 0.175.